The van der Waals surface area contributed by atoms with E-state index in [-0.39, 0.29) is 30.3 Å². The molecule has 1 fully saturated rings. The molecule has 7 nitrogen and oxygen atoms in total. The molecule has 3 aromatic rings. The zero-order valence-electron chi connectivity index (χ0n) is 22.3. The van der Waals surface area contributed by atoms with Crippen LogP contribution in [0.25, 0.3) is 11.1 Å². The Balaban J connectivity index is 1.41. The van der Waals surface area contributed by atoms with E-state index in [0.29, 0.717) is 34.7 Å². The van der Waals surface area contributed by atoms with Gasteiger partial charge in [0.15, 0.2) is 0 Å². The zero-order valence-corrected chi connectivity index (χ0v) is 22.3. The molecule has 0 unspecified atom stereocenters. The lowest BCUT2D eigenvalue weighted by molar-refractivity contribution is -0.274. The number of aryl methyl sites for hydroxylation is 1. The van der Waals surface area contributed by atoms with Crippen molar-refractivity contribution in [1.82, 2.24) is 4.90 Å². The molecule has 1 amide bonds. The van der Waals surface area contributed by atoms with Crippen LogP contribution in [0.15, 0.2) is 66.7 Å². The number of amides is 1. The Morgan fingerprint density at radius 2 is 1.68 bits per heavy atom. The fraction of sp³-hybridized carbons (Fsp3) is 0.333. The van der Waals surface area contributed by atoms with Crippen molar-refractivity contribution in [1.29, 1.82) is 0 Å². The lowest BCUT2D eigenvalue weighted by Crippen LogP contribution is -2.41. The van der Waals surface area contributed by atoms with Crippen LogP contribution >= 0.6 is 0 Å². The van der Waals surface area contributed by atoms with Crippen molar-refractivity contribution in [3.05, 3.63) is 77.9 Å². The highest BCUT2D eigenvalue weighted by Crippen LogP contribution is 2.31. The second-order valence-electron chi connectivity index (χ2n) is 9.45. The first kappa shape index (κ1) is 28.9. The van der Waals surface area contributed by atoms with Gasteiger partial charge >= 0.3 is 12.3 Å². The molecule has 1 N–H and O–H groups in total. The summed E-state index contributed by atoms with van der Waals surface area (Å²) in [6.07, 6.45) is -3.28. The minimum atomic E-state index is -4.78. The maximum atomic E-state index is 13.3. The quantitative estimate of drug-likeness (QED) is 0.316. The highest BCUT2D eigenvalue weighted by molar-refractivity contribution is 6.09. The first-order valence-corrected chi connectivity index (χ1v) is 13.0. The molecule has 10 heteroatoms. The Morgan fingerprint density at radius 1 is 0.975 bits per heavy atom. The minimum Gasteiger partial charge on any atom is -0.490 e. The predicted molar refractivity (Wildman–Crippen MR) is 144 cm³/mol. The maximum absolute atomic E-state index is 13.3. The van der Waals surface area contributed by atoms with Gasteiger partial charge < -0.3 is 19.5 Å². The second-order valence-corrected chi connectivity index (χ2v) is 9.45. The summed E-state index contributed by atoms with van der Waals surface area (Å²) in [5.74, 6) is -0.308. The molecule has 0 bridgehead atoms. The van der Waals surface area contributed by atoms with Crippen molar-refractivity contribution in [2.24, 2.45) is 0 Å². The van der Waals surface area contributed by atoms with E-state index >= 15 is 0 Å². The zero-order chi connectivity index (χ0) is 28.7. The molecule has 0 spiro atoms. The first-order chi connectivity index (χ1) is 19.1. The van der Waals surface area contributed by atoms with Crippen LogP contribution < -0.4 is 14.8 Å². The van der Waals surface area contributed by atoms with E-state index in [1.165, 1.54) is 24.3 Å². The van der Waals surface area contributed by atoms with E-state index in [1.54, 1.807) is 37.3 Å². The summed E-state index contributed by atoms with van der Waals surface area (Å²) in [4.78, 5) is 27.1. The van der Waals surface area contributed by atoms with Crippen molar-refractivity contribution in [3.63, 3.8) is 0 Å². The summed E-state index contributed by atoms with van der Waals surface area (Å²) in [6.45, 7) is 5.70. The Bertz CT molecular complexity index is 1320. The third-order valence-corrected chi connectivity index (χ3v) is 6.48. The van der Waals surface area contributed by atoms with E-state index in [2.05, 4.69) is 10.1 Å². The van der Waals surface area contributed by atoms with Gasteiger partial charge in [-0.3, -0.25) is 14.5 Å². The number of piperidine rings is 1. The number of esters is 1. The SMILES string of the molecule is CCOC(=O)CN1CCC(Oc2cccc(NC(=O)c3cccc(C)c3-c3ccc(OC(F)(F)F)cc3)c2)CC1. The lowest BCUT2D eigenvalue weighted by atomic mass is 9.94. The number of rotatable bonds is 9. The van der Waals surface area contributed by atoms with Crippen LogP contribution in [0.4, 0.5) is 18.9 Å². The third-order valence-electron chi connectivity index (χ3n) is 6.48. The number of benzene rings is 3. The first-order valence-electron chi connectivity index (χ1n) is 13.0. The van der Waals surface area contributed by atoms with Gasteiger partial charge in [-0.25, -0.2) is 0 Å². The molecular formula is C30H31F3N2O5. The summed E-state index contributed by atoms with van der Waals surface area (Å²) in [5, 5.41) is 2.90. The van der Waals surface area contributed by atoms with Gasteiger partial charge in [0.1, 0.15) is 17.6 Å². The molecule has 0 radical (unpaired) electrons. The van der Waals surface area contributed by atoms with Gasteiger partial charge in [-0.15, -0.1) is 13.2 Å². The summed E-state index contributed by atoms with van der Waals surface area (Å²) < 4.78 is 52.8. The topological polar surface area (TPSA) is 77.1 Å². The number of ether oxygens (including phenoxy) is 3. The molecule has 4 rings (SSSR count). The standard InChI is InChI=1S/C30H31F3N2O5/c1-3-38-27(36)19-35-16-14-23(15-17-35)39-25-8-5-7-22(18-25)34-29(37)26-9-4-6-20(2)28(26)21-10-12-24(13-11-21)40-30(31,32)33/h4-13,18,23H,3,14-17,19H2,1-2H3,(H,34,37). The molecular weight excluding hydrogens is 525 g/mol. The fourth-order valence-electron chi connectivity index (χ4n) is 4.68. The smallest absolute Gasteiger partial charge is 0.490 e. The van der Waals surface area contributed by atoms with E-state index in [0.717, 1.165) is 31.5 Å². The van der Waals surface area contributed by atoms with E-state index in [9.17, 15) is 22.8 Å². The third kappa shape index (κ3) is 7.98. The number of carbonyl (C=O) groups is 2. The van der Waals surface area contributed by atoms with Crippen LogP contribution in [0.1, 0.15) is 35.7 Å². The molecule has 3 aromatic carbocycles. The molecule has 0 saturated carbocycles. The monoisotopic (exact) mass is 556 g/mol. The minimum absolute atomic E-state index is 0.0166. The highest BCUT2D eigenvalue weighted by Gasteiger charge is 2.31. The predicted octanol–water partition coefficient (Wildman–Crippen LogP) is 6.22. The van der Waals surface area contributed by atoms with Gasteiger partial charge in [-0.1, -0.05) is 30.3 Å². The van der Waals surface area contributed by atoms with Gasteiger partial charge in [-0.05, 0) is 73.7 Å². The second kappa shape index (κ2) is 12.9. The van der Waals surface area contributed by atoms with Crippen molar-refractivity contribution >= 4 is 17.6 Å². The van der Waals surface area contributed by atoms with E-state index in [4.69, 9.17) is 9.47 Å². The van der Waals surface area contributed by atoms with Gasteiger partial charge in [-0.2, -0.15) is 0 Å². The molecule has 0 atom stereocenters. The molecule has 0 aliphatic carbocycles. The largest absolute Gasteiger partial charge is 0.573 e. The van der Waals surface area contributed by atoms with Crippen LogP contribution in [0, 0.1) is 6.92 Å². The summed E-state index contributed by atoms with van der Waals surface area (Å²) in [7, 11) is 0. The van der Waals surface area contributed by atoms with E-state index < -0.39 is 6.36 Å². The van der Waals surface area contributed by atoms with Gasteiger partial charge in [0.25, 0.3) is 5.91 Å². The van der Waals surface area contributed by atoms with Gasteiger partial charge in [0.05, 0.1) is 13.2 Å². The molecule has 212 valence electrons. The Kier molecular flexibility index (Phi) is 9.31. The van der Waals surface area contributed by atoms with Crippen molar-refractivity contribution in [2.75, 3.05) is 31.6 Å². The number of hydrogen-bond donors (Lipinski definition) is 1. The van der Waals surface area contributed by atoms with Gasteiger partial charge in [0.2, 0.25) is 0 Å². The highest BCUT2D eigenvalue weighted by atomic mass is 19.4. The average Bonchev–Trinajstić information content (AvgIpc) is 2.90. The van der Waals surface area contributed by atoms with Crippen LogP contribution in [-0.2, 0) is 9.53 Å². The van der Waals surface area contributed by atoms with Crippen molar-refractivity contribution in [2.45, 2.75) is 39.2 Å². The number of halogens is 3. The van der Waals surface area contributed by atoms with E-state index in [1.807, 2.05) is 24.0 Å². The van der Waals surface area contributed by atoms with Crippen LogP contribution in [-0.4, -0.2) is 55.5 Å². The fourth-order valence-corrected chi connectivity index (χ4v) is 4.68. The molecule has 1 saturated heterocycles. The molecule has 1 heterocycles. The number of anilines is 1. The summed E-state index contributed by atoms with van der Waals surface area (Å²) >= 11 is 0. The summed E-state index contributed by atoms with van der Waals surface area (Å²) in [6, 6.07) is 17.8. The number of hydrogen-bond acceptors (Lipinski definition) is 6. The lowest BCUT2D eigenvalue weighted by Gasteiger charge is -2.31. The normalized spacial score (nSPS) is 14.4. The number of likely N-dealkylation sites (tertiary alicyclic amines) is 1. The summed E-state index contributed by atoms with van der Waals surface area (Å²) in [5.41, 5.74) is 2.92. The number of nitrogens with zero attached hydrogens (tertiary/aromatic N) is 1. The van der Waals surface area contributed by atoms with Crippen LogP contribution in [0.3, 0.4) is 0 Å². The molecule has 0 aromatic heterocycles. The Hall–Kier alpha value is -4.05. The molecule has 40 heavy (non-hydrogen) atoms. The van der Waals surface area contributed by atoms with Crippen LogP contribution in [0.2, 0.25) is 0 Å². The number of alkyl halides is 3. The van der Waals surface area contributed by atoms with Crippen LogP contribution in [0.5, 0.6) is 11.5 Å². The van der Waals surface area contributed by atoms with Crippen molar-refractivity contribution in [3.8, 4) is 22.6 Å². The van der Waals surface area contributed by atoms with Crippen molar-refractivity contribution < 1.29 is 37.0 Å². The average molecular weight is 557 g/mol. The molecule has 1 aliphatic heterocycles. The molecule has 1 aliphatic rings. The number of nitrogens with one attached hydrogen (secondary N) is 1. The maximum Gasteiger partial charge on any atom is 0.573 e. The Morgan fingerprint density at radius 3 is 2.35 bits per heavy atom. The Labute approximate surface area is 230 Å². The number of carbonyl (C=O) groups excluding carboxylic acids is 2. The van der Waals surface area contributed by atoms with Gasteiger partial charge in [0, 0.05) is 30.4 Å².